The van der Waals surface area contributed by atoms with Gasteiger partial charge < -0.3 is 9.80 Å². The van der Waals surface area contributed by atoms with Gasteiger partial charge in [0.15, 0.2) is 11.5 Å². The van der Waals surface area contributed by atoms with Crippen LogP contribution in [0, 0.1) is 0 Å². The van der Waals surface area contributed by atoms with Crippen LogP contribution in [-0.2, 0) is 10.2 Å². The van der Waals surface area contributed by atoms with Crippen LogP contribution in [0.15, 0.2) is 12.1 Å². The van der Waals surface area contributed by atoms with Crippen molar-refractivity contribution >= 4 is 21.9 Å². The van der Waals surface area contributed by atoms with Gasteiger partial charge in [0.05, 0.1) is 0 Å². The maximum absolute atomic E-state index is 12.7. The second kappa shape index (κ2) is 7.85. The highest BCUT2D eigenvalue weighted by molar-refractivity contribution is 7.86. The molecule has 2 aliphatic heterocycles. The molecule has 2 fully saturated rings. The Labute approximate surface area is 154 Å². The van der Waals surface area contributed by atoms with E-state index in [4.69, 9.17) is 0 Å². The average molecular weight is 382 g/mol. The van der Waals surface area contributed by atoms with Crippen LogP contribution < -0.4 is 4.90 Å². The molecule has 9 nitrogen and oxygen atoms in total. The summed E-state index contributed by atoms with van der Waals surface area (Å²) in [5.41, 5.74) is 0.298. The van der Waals surface area contributed by atoms with E-state index >= 15 is 0 Å². The van der Waals surface area contributed by atoms with E-state index < -0.39 is 10.2 Å². The third-order valence-corrected chi connectivity index (χ3v) is 6.81. The van der Waals surface area contributed by atoms with Crippen LogP contribution in [-0.4, -0.2) is 91.4 Å². The molecule has 1 aromatic heterocycles. The largest absolute Gasteiger partial charge is 0.354 e. The molecule has 0 N–H and O–H groups in total. The fourth-order valence-corrected chi connectivity index (χ4v) is 4.99. The number of nitrogens with zero attached hydrogens (tertiary/aromatic N) is 6. The van der Waals surface area contributed by atoms with Crippen molar-refractivity contribution in [1.82, 2.24) is 23.7 Å². The fourth-order valence-electron chi connectivity index (χ4n) is 3.27. The molecule has 1 amide bonds. The lowest BCUT2D eigenvalue weighted by Gasteiger charge is -2.26. The van der Waals surface area contributed by atoms with Crippen LogP contribution in [0.25, 0.3) is 0 Å². The highest BCUT2D eigenvalue weighted by Gasteiger charge is 2.32. The van der Waals surface area contributed by atoms with Gasteiger partial charge >= 0.3 is 0 Å². The molecule has 3 rings (SSSR count). The molecule has 2 saturated heterocycles. The van der Waals surface area contributed by atoms with E-state index in [1.807, 2.05) is 4.90 Å². The van der Waals surface area contributed by atoms with Gasteiger partial charge in [-0.2, -0.15) is 17.0 Å². The fraction of sp³-hybridized carbons (Fsp3) is 0.688. The van der Waals surface area contributed by atoms with Crippen molar-refractivity contribution < 1.29 is 13.2 Å². The monoisotopic (exact) mass is 382 g/mol. The number of amides is 1. The number of rotatable bonds is 4. The molecule has 0 bridgehead atoms. The lowest BCUT2D eigenvalue weighted by Crippen LogP contribution is -2.44. The van der Waals surface area contributed by atoms with Crippen LogP contribution in [0.3, 0.4) is 0 Å². The minimum Gasteiger partial charge on any atom is -0.354 e. The number of carbonyl (C=O) groups excluding carboxylic acids is 1. The Morgan fingerprint density at radius 2 is 1.58 bits per heavy atom. The van der Waals surface area contributed by atoms with Crippen molar-refractivity contribution in [2.45, 2.75) is 19.3 Å². The molecule has 0 radical (unpaired) electrons. The van der Waals surface area contributed by atoms with Gasteiger partial charge in [-0.1, -0.05) is 0 Å². The van der Waals surface area contributed by atoms with Gasteiger partial charge in [-0.15, -0.1) is 10.2 Å². The quantitative estimate of drug-likeness (QED) is 0.730. The van der Waals surface area contributed by atoms with Crippen LogP contribution in [0.4, 0.5) is 5.82 Å². The summed E-state index contributed by atoms with van der Waals surface area (Å²) in [6.07, 6.45) is 2.60. The molecular formula is C16H26N6O3S. The van der Waals surface area contributed by atoms with Crippen molar-refractivity contribution in [3.63, 3.8) is 0 Å². The zero-order valence-corrected chi connectivity index (χ0v) is 16.2. The van der Waals surface area contributed by atoms with Gasteiger partial charge in [-0.05, 0) is 31.4 Å². The van der Waals surface area contributed by atoms with Crippen molar-refractivity contribution in [2.75, 3.05) is 58.3 Å². The molecule has 26 heavy (non-hydrogen) atoms. The van der Waals surface area contributed by atoms with Crippen LogP contribution >= 0.6 is 0 Å². The van der Waals surface area contributed by atoms with Gasteiger partial charge in [0.25, 0.3) is 16.1 Å². The number of hydrogen-bond acceptors (Lipinski definition) is 6. The third-order valence-electron chi connectivity index (χ3n) is 4.77. The van der Waals surface area contributed by atoms with E-state index in [9.17, 15) is 13.2 Å². The van der Waals surface area contributed by atoms with E-state index in [-0.39, 0.29) is 5.91 Å². The zero-order valence-electron chi connectivity index (χ0n) is 15.3. The molecule has 144 valence electrons. The minimum atomic E-state index is -3.36. The Kier molecular flexibility index (Phi) is 5.73. The summed E-state index contributed by atoms with van der Waals surface area (Å²) in [6, 6.07) is 3.43. The smallest absolute Gasteiger partial charge is 0.282 e. The lowest BCUT2D eigenvalue weighted by molar-refractivity contribution is 0.0821. The summed E-state index contributed by atoms with van der Waals surface area (Å²) in [7, 11) is -0.0269. The third kappa shape index (κ3) is 3.97. The maximum atomic E-state index is 12.7. The highest BCUT2D eigenvalue weighted by Crippen LogP contribution is 2.20. The molecule has 3 heterocycles. The summed E-state index contributed by atoms with van der Waals surface area (Å²) < 4.78 is 28.6. The molecule has 10 heteroatoms. The van der Waals surface area contributed by atoms with Crippen molar-refractivity contribution in [3.8, 4) is 0 Å². The number of carbonyl (C=O) groups is 1. The number of anilines is 1. The SMILES string of the molecule is CN(C)C(=O)c1ccc(N2CCCN(S(=O)(=O)N3CCCC3)CC2)nn1. The number of hydrogen-bond donors (Lipinski definition) is 0. The van der Waals surface area contributed by atoms with E-state index in [1.54, 1.807) is 34.8 Å². The predicted molar refractivity (Wildman–Crippen MR) is 98.2 cm³/mol. The van der Waals surface area contributed by atoms with Crippen LogP contribution in [0.1, 0.15) is 29.8 Å². The number of aromatic nitrogens is 2. The van der Waals surface area contributed by atoms with E-state index in [2.05, 4.69) is 10.2 Å². The topological polar surface area (TPSA) is 90.0 Å². The normalized spacial score (nSPS) is 20.2. The molecule has 0 atom stereocenters. The Balaban J connectivity index is 1.66. The zero-order chi connectivity index (χ0) is 18.7. The Bertz CT molecular complexity index is 731. The molecular weight excluding hydrogens is 356 g/mol. The summed E-state index contributed by atoms with van der Waals surface area (Å²) in [4.78, 5) is 15.4. The molecule has 2 aliphatic rings. The van der Waals surface area contributed by atoms with Gasteiger partial charge in [0.1, 0.15) is 0 Å². The molecule has 0 unspecified atom stereocenters. The molecule has 0 aromatic carbocycles. The molecule has 0 saturated carbocycles. The van der Waals surface area contributed by atoms with Crippen molar-refractivity contribution in [2.24, 2.45) is 0 Å². The van der Waals surface area contributed by atoms with Crippen LogP contribution in [0.2, 0.25) is 0 Å². The Hall–Kier alpha value is -1.78. The van der Waals surface area contributed by atoms with E-state index in [0.29, 0.717) is 50.8 Å². The second-order valence-electron chi connectivity index (χ2n) is 6.83. The first kappa shape index (κ1) is 19.0. The first-order chi connectivity index (χ1) is 12.4. The Morgan fingerprint density at radius 1 is 0.923 bits per heavy atom. The summed E-state index contributed by atoms with van der Waals surface area (Å²) in [5, 5.41) is 8.18. The second-order valence-corrected chi connectivity index (χ2v) is 8.76. The van der Waals surface area contributed by atoms with Crippen molar-refractivity contribution in [3.05, 3.63) is 17.8 Å². The maximum Gasteiger partial charge on any atom is 0.282 e. The summed E-state index contributed by atoms with van der Waals surface area (Å²) >= 11 is 0. The lowest BCUT2D eigenvalue weighted by atomic mass is 10.3. The average Bonchev–Trinajstić information content (AvgIpc) is 3.06. The first-order valence-corrected chi connectivity index (χ1v) is 10.3. The Morgan fingerprint density at radius 3 is 2.19 bits per heavy atom. The minimum absolute atomic E-state index is 0.192. The van der Waals surface area contributed by atoms with Gasteiger partial charge in [0.2, 0.25) is 0 Å². The highest BCUT2D eigenvalue weighted by atomic mass is 32.2. The first-order valence-electron chi connectivity index (χ1n) is 8.95. The van der Waals surface area contributed by atoms with Crippen LogP contribution in [0.5, 0.6) is 0 Å². The predicted octanol–water partition coefficient (Wildman–Crippen LogP) is 0.0311. The van der Waals surface area contributed by atoms with E-state index in [1.165, 1.54) is 4.90 Å². The van der Waals surface area contributed by atoms with Gasteiger partial charge in [-0.25, -0.2) is 0 Å². The summed E-state index contributed by atoms with van der Waals surface area (Å²) in [5.74, 6) is 0.475. The molecule has 0 spiro atoms. The van der Waals surface area contributed by atoms with Crippen molar-refractivity contribution in [1.29, 1.82) is 0 Å². The van der Waals surface area contributed by atoms with Gasteiger partial charge in [-0.3, -0.25) is 4.79 Å². The summed E-state index contributed by atoms with van der Waals surface area (Å²) in [6.45, 7) is 3.45. The van der Waals surface area contributed by atoms with Gasteiger partial charge in [0, 0.05) is 53.4 Å². The molecule has 0 aliphatic carbocycles. The standard InChI is InChI=1S/C16H26N6O3S/c1-19(2)16(23)14-6-7-15(18-17-14)20-8-5-11-22(13-12-20)26(24,25)21-9-3-4-10-21/h6-7H,3-5,8-13H2,1-2H3. The van der Waals surface area contributed by atoms with E-state index in [0.717, 1.165) is 19.3 Å². The molecule has 1 aromatic rings.